The fraction of sp³-hybridized carbons (Fsp3) is 0.647. The van der Waals surface area contributed by atoms with Crippen LogP contribution in [0.4, 0.5) is 4.79 Å². The topological polar surface area (TPSA) is 75.7 Å². The molecule has 1 aromatic rings. The summed E-state index contributed by atoms with van der Waals surface area (Å²) in [6.45, 7) is 10.6. The highest BCUT2D eigenvalue weighted by Crippen LogP contribution is 2.09. The zero-order valence-electron chi connectivity index (χ0n) is 14.7. The van der Waals surface area contributed by atoms with E-state index in [9.17, 15) is 4.79 Å². The summed E-state index contributed by atoms with van der Waals surface area (Å²) in [6, 6.07) is 3.64. The Balaban J connectivity index is 1.68. The van der Waals surface area contributed by atoms with Crippen molar-refractivity contribution in [3.05, 3.63) is 23.9 Å². The number of nitrogens with one attached hydrogen (secondary N) is 2. The zero-order chi connectivity index (χ0) is 17.4. The van der Waals surface area contributed by atoms with Crippen molar-refractivity contribution in [2.24, 2.45) is 0 Å². The molecule has 134 valence electrons. The van der Waals surface area contributed by atoms with Crippen LogP contribution in [-0.2, 0) is 11.3 Å². The van der Waals surface area contributed by atoms with Crippen LogP contribution in [0.15, 0.2) is 18.3 Å². The second-order valence-corrected chi connectivity index (χ2v) is 6.31. The van der Waals surface area contributed by atoms with Gasteiger partial charge in [-0.05, 0) is 26.3 Å². The molecule has 24 heavy (non-hydrogen) atoms. The molecule has 2 N–H and O–H groups in total. The fourth-order valence-electron chi connectivity index (χ4n) is 2.50. The molecule has 7 heteroatoms. The van der Waals surface area contributed by atoms with Gasteiger partial charge in [0.15, 0.2) is 0 Å². The lowest BCUT2D eigenvalue weighted by molar-refractivity contribution is 0.0349. The van der Waals surface area contributed by atoms with Crippen LogP contribution in [0.1, 0.15) is 26.3 Å². The number of aromatic nitrogens is 1. The Bertz CT molecular complexity index is 501. The summed E-state index contributed by atoms with van der Waals surface area (Å²) < 4.78 is 10.8. The van der Waals surface area contributed by atoms with Crippen LogP contribution >= 0.6 is 0 Å². The molecule has 1 aromatic heterocycles. The second kappa shape index (κ2) is 9.44. The first kappa shape index (κ1) is 18.5. The molecular weight excluding hydrogens is 308 g/mol. The summed E-state index contributed by atoms with van der Waals surface area (Å²) >= 11 is 0. The normalized spacial score (nSPS) is 16.7. The SMILES string of the molecule is CC(C)Oc1ccc(CNC(=O)N[C@@H](C)CN2CCOCC2)cn1. The molecule has 1 aliphatic rings. The number of hydrogen-bond donors (Lipinski definition) is 2. The molecule has 7 nitrogen and oxygen atoms in total. The van der Waals surface area contributed by atoms with Crippen LogP contribution in [0.5, 0.6) is 5.88 Å². The number of morpholine rings is 1. The largest absolute Gasteiger partial charge is 0.475 e. The number of ether oxygens (including phenoxy) is 2. The van der Waals surface area contributed by atoms with Crippen molar-refractivity contribution in [3.8, 4) is 5.88 Å². The van der Waals surface area contributed by atoms with E-state index in [4.69, 9.17) is 9.47 Å². The summed E-state index contributed by atoms with van der Waals surface area (Å²) in [5.41, 5.74) is 0.932. The van der Waals surface area contributed by atoms with Crippen LogP contribution < -0.4 is 15.4 Å². The average Bonchev–Trinajstić information content (AvgIpc) is 2.54. The van der Waals surface area contributed by atoms with Gasteiger partial charge in [-0.2, -0.15) is 0 Å². The van der Waals surface area contributed by atoms with Gasteiger partial charge in [0.1, 0.15) is 0 Å². The minimum Gasteiger partial charge on any atom is -0.475 e. The van der Waals surface area contributed by atoms with Crippen molar-refractivity contribution >= 4 is 6.03 Å². The number of rotatable bonds is 7. The standard InChI is InChI=1S/C17H28N4O3/c1-13(2)24-16-5-4-15(10-18-16)11-19-17(22)20-14(3)12-21-6-8-23-9-7-21/h4-5,10,13-14H,6-9,11-12H2,1-3H3,(H2,19,20,22)/t14-/m0/s1. The highest BCUT2D eigenvalue weighted by Gasteiger charge is 2.15. The van der Waals surface area contributed by atoms with Crippen molar-refractivity contribution in [1.82, 2.24) is 20.5 Å². The molecule has 1 fully saturated rings. The van der Waals surface area contributed by atoms with Crippen molar-refractivity contribution < 1.29 is 14.3 Å². The van der Waals surface area contributed by atoms with Gasteiger partial charge in [0.05, 0.1) is 19.3 Å². The van der Waals surface area contributed by atoms with E-state index in [-0.39, 0.29) is 18.2 Å². The summed E-state index contributed by atoms with van der Waals surface area (Å²) in [4.78, 5) is 18.5. The number of nitrogens with zero attached hydrogens (tertiary/aromatic N) is 2. The lowest BCUT2D eigenvalue weighted by Crippen LogP contribution is -2.48. The first-order valence-electron chi connectivity index (χ1n) is 8.49. The summed E-state index contributed by atoms with van der Waals surface area (Å²) in [6.07, 6.45) is 1.81. The quantitative estimate of drug-likeness (QED) is 0.787. The number of carbonyl (C=O) groups excluding carboxylic acids is 1. The predicted octanol–water partition coefficient (Wildman–Crippen LogP) is 1.39. The summed E-state index contributed by atoms with van der Waals surface area (Å²) in [5.74, 6) is 0.595. The predicted molar refractivity (Wildman–Crippen MR) is 92.1 cm³/mol. The van der Waals surface area contributed by atoms with Crippen LogP contribution in [0.25, 0.3) is 0 Å². The number of pyridine rings is 1. The minimum atomic E-state index is -0.168. The van der Waals surface area contributed by atoms with E-state index in [2.05, 4.69) is 20.5 Å². The van der Waals surface area contributed by atoms with Gasteiger partial charge in [0.2, 0.25) is 5.88 Å². The molecule has 0 saturated carbocycles. The molecule has 0 spiro atoms. The third kappa shape index (κ3) is 6.72. The van der Waals surface area contributed by atoms with Gasteiger partial charge in [-0.3, -0.25) is 4.90 Å². The highest BCUT2D eigenvalue weighted by molar-refractivity contribution is 5.74. The Morgan fingerprint density at radius 3 is 2.71 bits per heavy atom. The maximum atomic E-state index is 12.0. The molecule has 0 bridgehead atoms. The molecule has 1 aliphatic heterocycles. The van der Waals surface area contributed by atoms with Gasteiger partial charge in [-0.1, -0.05) is 6.07 Å². The third-order valence-electron chi connectivity index (χ3n) is 3.62. The maximum Gasteiger partial charge on any atom is 0.315 e. The second-order valence-electron chi connectivity index (χ2n) is 6.31. The molecular formula is C17H28N4O3. The molecule has 2 amide bonds. The van der Waals surface area contributed by atoms with Gasteiger partial charge < -0.3 is 20.1 Å². The van der Waals surface area contributed by atoms with Gasteiger partial charge >= 0.3 is 6.03 Å². The number of carbonyl (C=O) groups is 1. The zero-order valence-corrected chi connectivity index (χ0v) is 14.7. The number of hydrogen-bond acceptors (Lipinski definition) is 5. The van der Waals surface area contributed by atoms with Crippen LogP contribution in [0.3, 0.4) is 0 Å². The van der Waals surface area contributed by atoms with E-state index in [1.807, 2.05) is 32.9 Å². The monoisotopic (exact) mass is 336 g/mol. The molecule has 0 aromatic carbocycles. The van der Waals surface area contributed by atoms with E-state index < -0.39 is 0 Å². The Morgan fingerprint density at radius 2 is 2.08 bits per heavy atom. The van der Waals surface area contributed by atoms with E-state index in [0.29, 0.717) is 12.4 Å². The smallest absolute Gasteiger partial charge is 0.315 e. The van der Waals surface area contributed by atoms with Gasteiger partial charge in [0.25, 0.3) is 0 Å². The van der Waals surface area contributed by atoms with Crippen molar-refractivity contribution in [1.29, 1.82) is 0 Å². The molecule has 2 heterocycles. The summed E-state index contributed by atoms with van der Waals surface area (Å²) in [5, 5.41) is 5.81. The average molecular weight is 336 g/mol. The Kier molecular flexibility index (Phi) is 7.27. The maximum absolute atomic E-state index is 12.0. The lowest BCUT2D eigenvalue weighted by Gasteiger charge is -2.29. The fourth-order valence-corrected chi connectivity index (χ4v) is 2.50. The highest BCUT2D eigenvalue weighted by atomic mass is 16.5. The Labute approximate surface area is 143 Å². The van der Waals surface area contributed by atoms with Crippen LogP contribution in [0.2, 0.25) is 0 Å². The molecule has 2 rings (SSSR count). The Morgan fingerprint density at radius 1 is 1.33 bits per heavy atom. The summed E-state index contributed by atoms with van der Waals surface area (Å²) in [7, 11) is 0. The van der Waals surface area contributed by atoms with E-state index in [0.717, 1.165) is 38.4 Å². The van der Waals surface area contributed by atoms with Crippen LogP contribution in [0, 0.1) is 0 Å². The number of amides is 2. The third-order valence-corrected chi connectivity index (χ3v) is 3.62. The molecule has 0 radical (unpaired) electrons. The molecule has 0 aliphatic carbocycles. The molecule has 1 atom stereocenters. The first-order valence-corrected chi connectivity index (χ1v) is 8.49. The van der Waals surface area contributed by atoms with Crippen molar-refractivity contribution in [2.45, 2.75) is 39.5 Å². The van der Waals surface area contributed by atoms with E-state index in [1.54, 1.807) is 6.20 Å². The molecule has 1 saturated heterocycles. The van der Waals surface area contributed by atoms with Crippen LogP contribution in [-0.4, -0.2) is 60.9 Å². The first-order chi connectivity index (χ1) is 11.5. The minimum absolute atomic E-state index is 0.0862. The lowest BCUT2D eigenvalue weighted by atomic mass is 10.3. The number of urea groups is 1. The molecule has 0 unspecified atom stereocenters. The Hall–Kier alpha value is -1.86. The van der Waals surface area contributed by atoms with Gasteiger partial charge in [0, 0.05) is 44.5 Å². The van der Waals surface area contributed by atoms with E-state index in [1.165, 1.54) is 0 Å². The van der Waals surface area contributed by atoms with Crippen molar-refractivity contribution in [2.75, 3.05) is 32.8 Å². The van der Waals surface area contributed by atoms with Gasteiger partial charge in [-0.25, -0.2) is 9.78 Å². The van der Waals surface area contributed by atoms with Gasteiger partial charge in [-0.15, -0.1) is 0 Å². The van der Waals surface area contributed by atoms with Crippen molar-refractivity contribution in [3.63, 3.8) is 0 Å². The van der Waals surface area contributed by atoms with E-state index >= 15 is 0 Å².